The van der Waals surface area contributed by atoms with Crippen molar-refractivity contribution in [1.82, 2.24) is 15.0 Å². The molecular formula is C15H18BN3O5. The predicted octanol–water partition coefficient (Wildman–Crippen LogP) is 1.20. The summed E-state index contributed by atoms with van der Waals surface area (Å²) >= 11 is 0. The maximum atomic E-state index is 11.6. The predicted molar refractivity (Wildman–Crippen MR) is 85.5 cm³/mol. The number of benzene rings is 1. The van der Waals surface area contributed by atoms with E-state index in [-0.39, 0.29) is 23.0 Å². The molecule has 1 aliphatic rings. The molecule has 0 aliphatic carbocycles. The number of hydrogen-bond donors (Lipinski definition) is 2. The molecule has 0 radical (unpaired) electrons. The molecule has 1 aromatic carbocycles. The number of aromatic nitrogens is 3. The van der Waals surface area contributed by atoms with E-state index >= 15 is 0 Å². The molecule has 1 aliphatic heterocycles. The first kappa shape index (κ1) is 16.3. The smallest absolute Gasteiger partial charge is 0.523 e. The number of fused-ring (bicyclic) bond motifs is 1. The van der Waals surface area contributed by atoms with Gasteiger partial charge < -0.3 is 19.5 Å². The van der Waals surface area contributed by atoms with E-state index in [1.54, 1.807) is 16.8 Å². The van der Waals surface area contributed by atoms with Crippen LogP contribution in [0.25, 0.3) is 0 Å². The molecule has 2 N–H and O–H groups in total. The van der Waals surface area contributed by atoms with Crippen LogP contribution in [-0.2, 0) is 13.0 Å². The molecule has 0 bridgehead atoms. The number of carboxylic acid groups (broad SMARTS) is 1. The van der Waals surface area contributed by atoms with E-state index in [9.17, 15) is 14.9 Å². The summed E-state index contributed by atoms with van der Waals surface area (Å²) in [6.07, 6.45) is 2.98. The Hall–Kier alpha value is -2.55. The van der Waals surface area contributed by atoms with Gasteiger partial charge >= 0.3 is 13.1 Å². The van der Waals surface area contributed by atoms with Crippen LogP contribution in [0, 0.1) is 0 Å². The number of rotatable bonds is 5. The highest BCUT2D eigenvalue weighted by atomic mass is 16.5. The van der Waals surface area contributed by atoms with Crippen LogP contribution in [0.4, 0.5) is 0 Å². The van der Waals surface area contributed by atoms with E-state index in [4.69, 9.17) is 9.39 Å². The Morgan fingerprint density at radius 1 is 1.54 bits per heavy atom. The number of methoxy groups -OCH3 is 1. The Morgan fingerprint density at radius 2 is 2.33 bits per heavy atom. The minimum absolute atomic E-state index is 0.0772. The van der Waals surface area contributed by atoms with Gasteiger partial charge in [0.15, 0.2) is 0 Å². The summed E-state index contributed by atoms with van der Waals surface area (Å²) in [5, 5.41) is 27.6. The molecule has 1 atom stereocenters. The number of carbonyl (C=O) groups is 1. The van der Waals surface area contributed by atoms with Gasteiger partial charge in [0, 0.05) is 25.0 Å². The van der Waals surface area contributed by atoms with Crippen LogP contribution in [0.5, 0.6) is 11.5 Å². The lowest BCUT2D eigenvalue weighted by Crippen LogP contribution is -2.32. The molecule has 24 heavy (non-hydrogen) atoms. The molecule has 0 amide bonds. The molecule has 1 unspecified atom stereocenters. The number of hydrogen-bond acceptors (Lipinski definition) is 6. The third-order valence-corrected chi connectivity index (χ3v) is 4.12. The van der Waals surface area contributed by atoms with E-state index in [0.29, 0.717) is 18.4 Å². The second-order valence-electron chi connectivity index (χ2n) is 5.66. The van der Waals surface area contributed by atoms with Crippen molar-refractivity contribution in [3.8, 4) is 11.5 Å². The molecular weight excluding hydrogens is 313 g/mol. The average Bonchev–Trinajstić information content (AvgIpc) is 3.00. The monoisotopic (exact) mass is 331 g/mol. The van der Waals surface area contributed by atoms with Gasteiger partial charge in [-0.05, 0) is 18.1 Å². The van der Waals surface area contributed by atoms with Crippen molar-refractivity contribution in [2.45, 2.75) is 32.1 Å². The number of aromatic carboxylic acids is 1. The zero-order valence-corrected chi connectivity index (χ0v) is 13.5. The lowest BCUT2D eigenvalue weighted by atomic mass is 9.71. The molecule has 2 heterocycles. The lowest BCUT2D eigenvalue weighted by molar-refractivity contribution is 0.0690. The first-order valence-electron chi connectivity index (χ1n) is 7.71. The second-order valence-corrected chi connectivity index (χ2v) is 5.66. The maximum absolute atomic E-state index is 11.6. The van der Waals surface area contributed by atoms with Gasteiger partial charge in [-0.3, -0.25) is 4.68 Å². The highest BCUT2D eigenvalue weighted by Crippen LogP contribution is 2.42. The minimum Gasteiger partial charge on any atom is -0.535 e. The van der Waals surface area contributed by atoms with E-state index in [2.05, 4.69) is 10.3 Å². The largest absolute Gasteiger partial charge is 0.535 e. The van der Waals surface area contributed by atoms with Gasteiger partial charge in [0.2, 0.25) is 0 Å². The lowest BCUT2D eigenvalue weighted by Gasteiger charge is -2.29. The first-order chi connectivity index (χ1) is 11.5. The summed E-state index contributed by atoms with van der Waals surface area (Å²) in [6, 6.07) is 3.38. The van der Waals surface area contributed by atoms with Gasteiger partial charge in [0.1, 0.15) is 17.1 Å². The van der Waals surface area contributed by atoms with Crippen LogP contribution in [-0.4, -0.2) is 45.3 Å². The zero-order valence-electron chi connectivity index (χ0n) is 13.5. The average molecular weight is 331 g/mol. The molecule has 0 saturated heterocycles. The number of nitrogens with zero attached hydrogens (tertiary/aromatic N) is 3. The van der Waals surface area contributed by atoms with Crippen molar-refractivity contribution >= 4 is 13.1 Å². The van der Waals surface area contributed by atoms with Crippen molar-refractivity contribution in [3.63, 3.8) is 0 Å². The number of ether oxygens (including phenoxy) is 1. The van der Waals surface area contributed by atoms with Crippen LogP contribution < -0.4 is 9.39 Å². The Balaban J connectivity index is 2.00. The molecule has 3 rings (SSSR count). The van der Waals surface area contributed by atoms with Crippen molar-refractivity contribution < 1.29 is 24.3 Å². The Kier molecular flexibility index (Phi) is 4.43. The summed E-state index contributed by atoms with van der Waals surface area (Å²) in [5.41, 5.74) is 1.52. The molecule has 8 nitrogen and oxygen atoms in total. The molecule has 0 spiro atoms. The number of aryl methyl sites for hydroxylation is 1. The topological polar surface area (TPSA) is 107 Å². The summed E-state index contributed by atoms with van der Waals surface area (Å²) in [5.74, 6) is -0.950. The van der Waals surface area contributed by atoms with Crippen LogP contribution >= 0.6 is 0 Å². The molecule has 0 saturated carbocycles. The second kappa shape index (κ2) is 6.52. The summed E-state index contributed by atoms with van der Waals surface area (Å²) in [4.78, 5) is 11.6. The van der Waals surface area contributed by atoms with Crippen LogP contribution in [0.3, 0.4) is 0 Å². The Bertz CT molecular complexity index is 764. The van der Waals surface area contributed by atoms with Gasteiger partial charge in [0.25, 0.3) is 0 Å². The highest BCUT2D eigenvalue weighted by Gasteiger charge is 2.36. The Morgan fingerprint density at radius 3 is 2.96 bits per heavy atom. The van der Waals surface area contributed by atoms with Gasteiger partial charge in [-0.15, -0.1) is 5.10 Å². The molecule has 9 heteroatoms. The van der Waals surface area contributed by atoms with Crippen molar-refractivity contribution in [1.29, 1.82) is 0 Å². The van der Waals surface area contributed by atoms with Gasteiger partial charge in [-0.2, -0.15) is 0 Å². The normalized spacial score (nSPS) is 16.5. The first-order valence-corrected chi connectivity index (χ1v) is 7.71. The van der Waals surface area contributed by atoms with E-state index in [1.165, 1.54) is 7.11 Å². The van der Waals surface area contributed by atoms with E-state index < -0.39 is 13.1 Å². The van der Waals surface area contributed by atoms with Gasteiger partial charge in [0.05, 0.1) is 12.8 Å². The van der Waals surface area contributed by atoms with Crippen molar-refractivity contribution in [2.24, 2.45) is 0 Å². The fraction of sp³-hybridized carbons (Fsp3) is 0.400. The Labute approximate surface area is 139 Å². The third-order valence-electron chi connectivity index (χ3n) is 4.12. The fourth-order valence-electron chi connectivity index (χ4n) is 2.94. The quantitative estimate of drug-likeness (QED) is 0.793. The molecule has 1 aromatic heterocycles. The molecule has 2 aromatic rings. The number of carboxylic acids is 1. The zero-order chi connectivity index (χ0) is 17.3. The SMILES string of the molecule is CCc1cn(CC2CB(O)Oc3c2ccc(OC)c3C(=O)O)nn1. The molecule has 126 valence electrons. The summed E-state index contributed by atoms with van der Waals surface area (Å²) < 4.78 is 12.2. The summed E-state index contributed by atoms with van der Waals surface area (Å²) in [7, 11) is 0.314. The van der Waals surface area contributed by atoms with Crippen LogP contribution in [0.1, 0.15) is 34.5 Å². The van der Waals surface area contributed by atoms with Crippen molar-refractivity contribution in [2.75, 3.05) is 7.11 Å². The van der Waals surface area contributed by atoms with E-state index in [0.717, 1.165) is 12.1 Å². The summed E-state index contributed by atoms with van der Waals surface area (Å²) in [6.45, 7) is 2.47. The maximum Gasteiger partial charge on any atom is 0.523 e. The highest BCUT2D eigenvalue weighted by molar-refractivity contribution is 6.44. The van der Waals surface area contributed by atoms with Gasteiger partial charge in [-0.25, -0.2) is 4.79 Å². The van der Waals surface area contributed by atoms with Gasteiger partial charge in [-0.1, -0.05) is 18.2 Å². The fourth-order valence-corrected chi connectivity index (χ4v) is 2.94. The minimum atomic E-state index is -1.16. The third kappa shape index (κ3) is 2.94. The molecule has 0 fully saturated rings. The van der Waals surface area contributed by atoms with Crippen molar-refractivity contribution in [3.05, 3.63) is 35.2 Å². The van der Waals surface area contributed by atoms with Crippen LogP contribution in [0.2, 0.25) is 6.32 Å². The van der Waals surface area contributed by atoms with E-state index in [1.807, 2.05) is 13.1 Å². The van der Waals surface area contributed by atoms with Crippen LogP contribution in [0.15, 0.2) is 18.3 Å². The standard InChI is InChI=1S/C15H18BN3O5/c1-3-10-8-19(18-17-10)7-9-6-16(22)24-14-11(9)4-5-12(23-2)13(14)15(20)21/h4-5,8-9,22H,3,6-7H2,1-2H3,(H,20,21).